The minimum absolute atomic E-state index is 0.134. The molecular weight excluding hydrogens is 202 g/mol. The third-order valence-electron chi connectivity index (χ3n) is 2.90. The van der Waals surface area contributed by atoms with E-state index >= 15 is 0 Å². The molecule has 0 aliphatic carbocycles. The van der Waals surface area contributed by atoms with Gasteiger partial charge in [-0.15, -0.1) is 0 Å². The molecule has 0 saturated carbocycles. The molecule has 2 unspecified atom stereocenters. The lowest BCUT2D eigenvalue weighted by molar-refractivity contribution is 0.104. The summed E-state index contributed by atoms with van der Waals surface area (Å²) in [6, 6.07) is 2.27. The number of hydrogen-bond donors (Lipinski definition) is 1. The molecule has 2 N–H and O–H groups in total. The monoisotopic (exact) mass is 225 g/mol. The van der Waals surface area contributed by atoms with E-state index in [1.165, 1.54) is 5.69 Å². The normalized spacial score (nSPS) is 15.1. The highest BCUT2D eigenvalue weighted by atomic mass is 16.5. The third-order valence-corrected chi connectivity index (χ3v) is 2.90. The van der Waals surface area contributed by atoms with Crippen LogP contribution in [0.1, 0.15) is 31.7 Å². The quantitative estimate of drug-likeness (QED) is 0.793. The zero-order chi connectivity index (χ0) is 12.1. The van der Waals surface area contributed by atoms with Crippen molar-refractivity contribution < 1.29 is 4.74 Å². The molecule has 1 aromatic heterocycles. The second-order valence-corrected chi connectivity index (χ2v) is 4.35. The predicted molar refractivity (Wildman–Crippen MR) is 65.4 cm³/mol. The molecule has 1 heterocycles. The zero-order valence-electron chi connectivity index (χ0n) is 10.7. The Bertz CT molecular complexity index is 322. The molecule has 0 amide bonds. The van der Waals surface area contributed by atoms with Crippen LogP contribution in [-0.2, 0) is 24.6 Å². The molecular formula is C12H23N3O. The van der Waals surface area contributed by atoms with Gasteiger partial charge in [-0.3, -0.25) is 4.68 Å². The predicted octanol–water partition coefficient (Wildman–Crippen LogP) is 1.28. The fraction of sp³-hybridized carbons (Fsp3) is 0.750. The van der Waals surface area contributed by atoms with Crippen molar-refractivity contribution in [3.05, 3.63) is 17.5 Å². The maximum absolute atomic E-state index is 6.08. The lowest BCUT2D eigenvalue weighted by Crippen LogP contribution is -2.28. The molecule has 1 aromatic rings. The van der Waals surface area contributed by atoms with Crippen molar-refractivity contribution in [1.82, 2.24) is 9.78 Å². The van der Waals surface area contributed by atoms with Gasteiger partial charge in [-0.1, -0.05) is 6.92 Å². The largest absolute Gasteiger partial charge is 0.382 e. The first-order valence-electron chi connectivity index (χ1n) is 5.87. The zero-order valence-corrected chi connectivity index (χ0v) is 10.7. The summed E-state index contributed by atoms with van der Waals surface area (Å²) >= 11 is 0. The average molecular weight is 225 g/mol. The molecule has 0 fully saturated rings. The molecule has 0 radical (unpaired) electrons. The Morgan fingerprint density at radius 3 is 2.75 bits per heavy atom. The number of nitrogens with zero attached hydrogens (tertiary/aromatic N) is 2. The summed E-state index contributed by atoms with van der Waals surface area (Å²) in [4.78, 5) is 0. The van der Waals surface area contributed by atoms with Gasteiger partial charge in [-0.25, -0.2) is 0 Å². The van der Waals surface area contributed by atoms with E-state index in [0.717, 1.165) is 25.0 Å². The van der Waals surface area contributed by atoms with Crippen molar-refractivity contribution in [1.29, 1.82) is 0 Å². The average Bonchev–Trinajstić information content (AvgIpc) is 2.59. The van der Waals surface area contributed by atoms with Gasteiger partial charge in [-0.05, 0) is 25.8 Å². The molecule has 92 valence electrons. The standard InChI is InChI=1S/C12H23N3O/c1-5-11-8-12(15(3)14-11)7-10(13)6-9(2)16-4/h8-10H,5-7,13H2,1-4H3. The van der Waals surface area contributed by atoms with Crippen LogP contribution in [0.25, 0.3) is 0 Å². The minimum atomic E-state index is 0.134. The molecule has 4 heteroatoms. The van der Waals surface area contributed by atoms with Crippen molar-refractivity contribution in [2.45, 2.75) is 45.3 Å². The Kier molecular flexibility index (Phi) is 4.96. The molecule has 2 atom stereocenters. The summed E-state index contributed by atoms with van der Waals surface area (Å²) in [5.41, 5.74) is 8.41. The molecule has 1 rings (SSSR count). The Morgan fingerprint density at radius 1 is 1.56 bits per heavy atom. The fourth-order valence-electron chi connectivity index (χ4n) is 1.81. The van der Waals surface area contributed by atoms with E-state index in [4.69, 9.17) is 10.5 Å². The molecule has 0 aliphatic heterocycles. The highest BCUT2D eigenvalue weighted by Gasteiger charge is 2.12. The Labute approximate surface area is 97.8 Å². The second kappa shape index (κ2) is 6.01. The molecule has 4 nitrogen and oxygen atoms in total. The minimum Gasteiger partial charge on any atom is -0.382 e. The number of nitrogens with two attached hydrogens (primary N) is 1. The third kappa shape index (κ3) is 3.61. The lowest BCUT2D eigenvalue weighted by atomic mass is 10.1. The van der Waals surface area contributed by atoms with Gasteiger partial charge < -0.3 is 10.5 Å². The second-order valence-electron chi connectivity index (χ2n) is 4.35. The number of hydrogen-bond acceptors (Lipinski definition) is 3. The van der Waals surface area contributed by atoms with Crippen LogP contribution in [0.5, 0.6) is 0 Å². The Hall–Kier alpha value is -0.870. The van der Waals surface area contributed by atoms with Crippen molar-refractivity contribution >= 4 is 0 Å². The van der Waals surface area contributed by atoms with Gasteiger partial charge in [-0.2, -0.15) is 5.10 Å². The lowest BCUT2D eigenvalue weighted by Gasteiger charge is -2.15. The first-order valence-corrected chi connectivity index (χ1v) is 5.87. The Balaban J connectivity index is 2.55. The maximum Gasteiger partial charge on any atom is 0.0624 e. The summed E-state index contributed by atoms with van der Waals surface area (Å²) in [6.07, 6.45) is 2.92. The van der Waals surface area contributed by atoms with Gasteiger partial charge in [0.2, 0.25) is 0 Å². The van der Waals surface area contributed by atoms with E-state index in [1.54, 1.807) is 7.11 Å². The molecule has 0 saturated heterocycles. The smallest absolute Gasteiger partial charge is 0.0624 e. The van der Waals surface area contributed by atoms with Crippen LogP contribution >= 0.6 is 0 Å². The van der Waals surface area contributed by atoms with E-state index in [9.17, 15) is 0 Å². The van der Waals surface area contributed by atoms with Crippen molar-refractivity contribution in [3.63, 3.8) is 0 Å². The summed E-state index contributed by atoms with van der Waals surface area (Å²) < 4.78 is 7.14. The van der Waals surface area contributed by atoms with Gasteiger partial charge in [0.1, 0.15) is 0 Å². The summed E-state index contributed by atoms with van der Waals surface area (Å²) in [6.45, 7) is 4.15. The first kappa shape index (κ1) is 13.2. The van der Waals surface area contributed by atoms with Crippen LogP contribution in [0.2, 0.25) is 0 Å². The van der Waals surface area contributed by atoms with Crippen LogP contribution in [0.4, 0.5) is 0 Å². The number of methoxy groups -OCH3 is 1. The van der Waals surface area contributed by atoms with E-state index in [0.29, 0.717) is 0 Å². The van der Waals surface area contributed by atoms with Crippen LogP contribution in [0.15, 0.2) is 6.07 Å². The van der Waals surface area contributed by atoms with Gasteiger partial charge >= 0.3 is 0 Å². The van der Waals surface area contributed by atoms with Crippen LogP contribution < -0.4 is 5.73 Å². The highest BCUT2D eigenvalue weighted by Crippen LogP contribution is 2.09. The summed E-state index contributed by atoms with van der Waals surface area (Å²) in [5.74, 6) is 0. The molecule has 16 heavy (non-hydrogen) atoms. The van der Waals surface area contributed by atoms with Crippen molar-refractivity contribution in [3.8, 4) is 0 Å². The SMILES string of the molecule is CCc1cc(CC(N)CC(C)OC)n(C)n1. The number of aromatic nitrogens is 2. The van der Waals surface area contributed by atoms with E-state index < -0.39 is 0 Å². The molecule has 0 aromatic carbocycles. The van der Waals surface area contributed by atoms with Gasteiger partial charge in [0, 0.05) is 32.3 Å². The fourth-order valence-corrected chi connectivity index (χ4v) is 1.81. The van der Waals surface area contributed by atoms with Crippen LogP contribution in [-0.4, -0.2) is 29.0 Å². The van der Waals surface area contributed by atoms with Crippen LogP contribution in [0.3, 0.4) is 0 Å². The number of rotatable bonds is 6. The summed E-state index contributed by atoms with van der Waals surface area (Å²) in [5, 5.41) is 4.41. The number of ether oxygens (including phenoxy) is 1. The Morgan fingerprint density at radius 2 is 2.25 bits per heavy atom. The summed E-state index contributed by atoms with van der Waals surface area (Å²) in [7, 11) is 3.69. The van der Waals surface area contributed by atoms with Gasteiger partial charge in [0.25, 0.3) is 0 Å². The van der Waals surface area contributed by atoms with Gasteiger partial charge in [0.15, 0.2) is 0 Å². The van der Waals surface area contributed by atoms with Gasteiger partial charge in [0.05, 0.1) is 11.8 Å². The first-order chi connectivity index (χ1) is 7.56. The molecule has 0 spiro atoms. The molecule has 0 bridgehead atoms. The maximum atomic E-state index is 6.08. The van der Waals surface area contributed by atoms with E-state index in [2.05, 4.69) is 18.1 Å². The molecule has 0 aliphatic rings. The number of aryl methyl sites for hydroxylation is 2. The van der Waals surface area contributed by atoms with Crippen molar-refractivity contribution in [2.75, 3.05) is 7.11 Å². The highest BCUT2D eigenvalue weighted by molar-refractivity contribution is 5.11. The topological polar surface area (TPSA) is 53.1 Å². The van der Waals surface area contributed by atoms with E-state index in [1.807, 2.05) is 18.7 Å². The van der Waals surface area contributed by atoms with Crippen molar-refractivity contribution in [2.24, 2.45) is 12.8 Å². The van der Waals surface area contributed by atoms with Crippen LogP contribution in [0, 0.1) is 0 Å². The van der Waals surface area contributed by atoms with E-state index in [-0.39, 0.29) is 12.1 Å².